The summed E-state index contributed by atoms with van der Waals surface area (Å²) in [5, 5.41) is 0. The van der Waals surface area contributed by atoms with E-state index in [1.807, 2.05) is 0 Å². The van der Waals surface area contributed by atoms with Gasteiger partial charge in [0, 0.05) is 25.2 Å². The highest BCUT2D eigenvalue weighted by Crippen LogP contribution is 2.51. The lowest BCUT2D eigenvalue weighted by Gasteiger charge is -2.60. The Bertz CT molecular complexity index is 275. The van der Waals surface area contributed by atoms with E-state index < -0.39 is 0 Å². The second-order valence-corrected chi connectivity index (χ2v) is 7.02. The minimum atomic E-state index is 0.367. The Morgan fingerprint density at radius 3 is 2.29 bits per heavy atom. The van der Waals surface area contributed by atoms with Crippen molar-refractivity contribution in [2.24, 2.45) is 17.1 Å². The lowest BCUT2D eigenvalue weighted by Crippen LogP contribution is -2.69. The molecule has 1 heterocycles. The third-order valence-electron chi connectivity index (χ3n) is 6.11. The standard InChI is InChI=1S/C15H28N2/c1-13-6-2-3-9-15(13,10-16)17-11-14(12-17)7-4-5-8-14/h13H,2-12,16H2,1H3. The van der Waals surface area contributed by atoms with Gasteiger partial charge in [0.1, 0.15) is 0 Å². The minimum Gasteiger partial charge on any atom is -0.329 e. The van der Waals surface area contributed by atoms with Crippen LogP contribution in [0.1, 0.15) is 58.3 Å². The Hall–Kier alpha value is -0.0800. The Morgan fingerprint density at radius 1 is 1.06 bits per heavy atom. The summed E-state index contributed by atoms with van der Waals surface area (Å²) in [5.41, 5.74) is 7.27. The van der Waals surface area contributed by atoms with Crippen LogP contribution in [0.2, 0.25) is 0 Å². The van der Waals surface area contributed by atoms with E-state index in [1.54, 1.807) is 0 Å². The molecule has 2 heteroatoms. The highest BCUT2D eigenvalue weighted by atomic mass is 15.3. The SMILES string of the molecule is CC1CCCCC1(CN)N1CC2(CCCC2)C1. The monoisotopic (exact) mass is 236 g/mol. The maximum atomic E-state index is 6.18. The maximum Gasteiger partial charge on any atom is 0.0357 e. The van der Waals surface area contributed by atoms with Crippen LogP contribution in [0.5, 0.6) is 0 Å². The number of hydrogen-bond donors (Lipinski definition) is 1. The molecule has 2 saturated carbocycles. The van der Waals surface area contributed by atoms with Gasteiger partial charge < -0.3 is 5.73 Å². The van der Waals surface area contributed by atoms with Gasteiger partial charge in [0.15, 0.2) is 0 Å². The highest BCUT2D eigenvalue weighted by molar-refractivity contribution is 5.08. The van der Waals surface area contributed by atoms with Gasteiger partial charge in [0.25, 0.3) is 0 Å². The highest BCUT2D eigenvalue weighted by Gasteiger charge is 2.53. The average molecular weight is 236 g/mol. The summed E-state index contributed by atoms with van der Waals surface area (Å²) in [4.78, 5) is 2.77. The van der Waals surface area contributed by atoms with Gasteiger partial charge in [-0.15, -0.1) is 0 Å². The van der Waals surface area contributed by atoms with Crippen molar-refractivity contribution in [3.63, 3.8) is 0 Å². The number of nitrogens with zero attached hydrogens (tertiary/aromatic N) is 1. The molecule has 98 valence electrons. The summed E-state index contributed by atoms with van der Waals surface area (Å²) >= 11 is 0. The second kappa shape index (κ2) is 4.24. The summed E-state index contributed by atoms with van der Waals surface area (Å²) in [6.45, 7) is 6.03. The van der Waals surface area contributed by atoms with Crippen LogP contribution in [0.4, 0.5) is 0 Å². The normalized spacial score (nSPS) is 41.6. The topological polar surface area (TPSA) is 29.3 Å². The van der Waals surface area contributed by atoms with Crippen molar-refractivity contribution in [2.45, 2.75) is 63.8 Å². The van der Waals surface area contributed by atoms with Gasteiger partial charge in [-0.25, -0.2) is 0 Å². The van der Waals surface area contributed by atoms with Crippen molar-refractivity contribution in [3.05, 3.63) is 0 Å². The Morgan fingerprint density at radius 2 is 1.71 bits per heavy atom. The maximum absolute atomic E-state index is 6.18. The van der Waals surface area contributed by atoms with Gasteiger partial charge in [-0.2, -0.15) is 0 Å². The van der Waals surface area contributed by atoms with Crippen molar-refractivity contribution < 1.29 is 0 Å². The zero-order valence-corrected chi connectivity index (χ0v) is 11.4. The first kappa shape index (κ1) is 12.0. The van der Waals surface area contributed by atoms with E-state index in [1.165, 1.54) is 64.5 Å². The summed E-state index contributed by atoms with van der Waals surface area (Å²) in [6, 6.07) is 0. The van der Waals surface area contributed by atoms with E-state index in [2.05, 4.69) is 11.8 Å². The Kier molecular flexibility index (Phi) is 2.99. The van der Waals surface area contributed by atoms with Crippen LogP contribution in [0.15, 0.2) is 0 Å². The van der Waals surface area contributed by atoms with Crippen LogP contribution in [0.3, 0.4) is 0 Å². The summed E-state index contributed by atoms with van der Waals surface area (Å²) in [6.07, 6.45) is 11.5. The van der Waals surface area contributed by atoms with Crippen molar-refractivity contribution in [3.8, 4) is 0 Å². The zero-order chi connectivity index (χ0) is 11.9. The van der Waals surface area contributed by atoms with Crippen molar-refractivity contribution in [1.82, 2.24) is 4.90 Å². The van der Waals surface area contributed by atoms with Gasteiger partial charge in [0.2, 0.25) is 0 Å². The Labute approximate surface area is 106 Å². The predicted molar refractivity (Wildman–Crippen MR) is 71.9 cm³/mol. The molecule has 2 unspecified atom stereocenters. The molecule has 2 N–H and O–H groups in total. The smallest absolute Gasteiger partial charge is 0.0357 e. The van der Waals surface area contributed by atoms with Crippen LogP contribution < -0.4 is 5.73 Å². The largest absolute Gasteiger partial charge is 0.329 e. The van der Waals surface area contributed by atoms with E-state index in [9.17, 15) is 0 Å². The molecule has 0 bridgehead atoms. The zero-order valence-electron chi connectivity index (χ0n) is 11.4. The molecule has 3 rings (SSSR count). The first-order valence-corrected chi connectivity index (χ1v) is 7.66. The van der Waals surface area contributed by atoms with E-state index in [4.69, 9.17) is 5.73 Å². The summed E-state index contributed by atoms with van der Waals surface area (Å²) in [7, 11) is 0. The lowest BCUT2D eigenvalue weighted by atomic mass is 9.67. The van der Waals surface area contributed by atoms with Crippen LogP contribution >= 0.6 is 0 Å². The Balaban J connectivity index is 1.70. The number of likely N-dealkylation sites (tertiary alicyclic amines) is 1. The van der Waals surface area contributed by atoms with Crippen LogP contribution in [-0.4, -0.2) is 30.1 Å². The third-order valence-corrected chi connectivity index (χ3v) is 6.11. The molecule has 0 aromatic rings. The molecule has 2 nitrogen and oxygen atoms in total. The van der Waals surface area contributed by atoms with Gasteiger partial charge in [-0.3, -0.25) is 4.90 Å². The van der Waals surface area contributed by atoms with Gasteiger partial charge in [0.05, 0.1) is 0 Å². The molecule has 0 aromatic heterocycles. The number of nitrogens with two attached hydrogens (primary N) is 1. The first-order valence-electron chi connectivity index (χ1n) is 7.66. The number of rotatable bonds is 2. The minimum absolute atomic E-state index is 0.367. The van der Waals surface area contributed by atoms with Gasteiger partial charge in [-0.05, 0) is 37.0 Å². The van der Waals surface area contributed by atoms with E-state index in [0.717, 1.165) is 17.9 Å². The quantitative estimate of drug-likeness (QED) is 0.799. The number of hydrogen-bond acceptors (Lipinski definition) is 2. The van der Waals surface area contributed by atoms with Crippen LogP contribution in [0, 0.1) is 11.3 Å². The van der Waals surface area contributed by atoms with Gasteiger partial charge in [-0.1, -0.05) is 32.6 Å². The first-order chi connectivity index (χ1) is 8.21. The van der Waals surface area contributed by atoms with Crippen LogP contribution in [-0.2, 0) is 0 Å². The summed E-state index contributed by atoms with van der Waals surface area (Å²) in [5.74, 6) is 0.806. The van der Waals surface area contributed by atoms with Crippen molar-refractivity contribution in [1.29, 1.82) is 0 Å². The van der Waals surface area contributed by atoms with E-state index >= 15 is 0 Å². The predicted octanol–water partition coefficient (Wildman–Crippen LogP) is 2.77. The third kappa shape index (κ3) is 1.76. The molecule has 3 fully saturated rings. The van der Waals surface area contributed by atoms with E-state index in [-0.39, 0.29) is 0 Å². The molecule has 2 aliphatic carbocycles. The second-order valence-electron chi connectivity index (χ2n) is 7.02. The molecule has 1 aliphatic heterocycles. The van der Waals surface area contributed by atoms with E-state index in [0.29, 0.717) is 5.54 Å². The molecule has 1 spiro atoms. The van der Waals surface area contributed by atoms with Crippen molar-refractivity contribution >= 4 is 0 Å². The average Bonchev–Trinajstić information content (AvgIpc) is 2.78. The molecule has 0 aromatic carbocycles. The van der Waals surface area contributed by atoms with Crippen molar-refractivity contribution in [2.75, 3.05) is 19.6 Å². The fourth-order valence-electron chi connectivity index (χ4n) is 4.82. The molecule has 0 radical (unpaired) electrons. The fraction of sp³-hybridized carbons (Fsp3) is 1.00. The van der Waals surface area contributed by atoms with Crippen LogP contribution in [0.25, 0.3) is 0 Å². The molecule has 1 saturated heterocycles. The molecular formula is C15H28N2. The fourth-order valence-corrected chi connectivity index (χ4v) is 4.82. The molecule has 3 aliphatic rings. The van der Waals surface area contributed by atoms with Gasteiger partial charge >= 0.3 is 0 Å². The molecule has 2 atom stereocenters. The molecular weight excluding hydrogens is 208 g/mol. The molecule has 0 amide bonds. The molecule has 17 heavy (non-hydrogen) atoms. The summed E-state index contributed by atoms with van der Waals surface area (Å²) < 4.78 is 0. The lowest BCUT2D eigenvalue weighted by molar-refractivity contribution is -0.107.